The zero-order chi connectivity index (χ0) is 27.5. The van der Waals surface area contributed by atoms with E-state index in [-0.39, 0.29) is 18.0 Å². The molecule has 40 heavy (non-hydrogen) atoms. The molecule has 1 fully saturated rings. The first-order valence-corrected chi connectivity index (χ1v) is 13.8. The van der Waals surface area contributed by atoms with Gasteiger partial charge in [-0.2, -0.15) is 5.10 Å². The fourth-order valence-corrected chi connectivity index (χ4v) is 5.56. The van der Waals surface area contributed by atoms with Gasteiger partial charge in [0.25, 0.3) is 0 Å². The molecule has 3 N–H and O–H groups in total. The van der Waals surface area contributed by atoms with Crippen LogP contribution in [0.25, 0.3) is 21.1 Å². The number of anilines is 2. The Hall–Kier alpha value is -4.53. The quantitative estimate of drug-likeness (QED) is 0.259. The van der Waals surface area contributed by atoms with Crippen molar-refractivity contribution in [1.82, 2.24) is 30.4 Å². The van der Waals surface area contributed by atoms with Gasteiger partial charge < -0.3 is 15.4 Å². The number of ether oxygens (including phenoxy) is 1. The number of carbonyl (C=O) groups excluding carboxylic acids is 1. The number of alkyl carbamates (subject to hydrolysis) is 1. The summed E-state index contributed by atoms with van der Waals surface area (Å²) in [4.78, 5) is 21.4. The second kappa shape index (κ2) is 11.3. The first kappa shape index (κ1) is 25.7. The molecule has 0 aliphatic carbocycles. The van der Waals surface area contributed by atoms with Gasteiger partial charge in [-0.1, -0.05) is 24.0 Å². The Morgan fingerprint density at radius 3 is 3.05 bits per heavy atom. The van der Waals surface area contributed by atoms with E-state index < -0.39 is 6.09 Å². The van der Waals surface area contributed by atoms with Gasteiger partial charge in [-0.25, -0.2) is 19.2 Å². The van der Waals surface area contributed by atoms with Crippen molar-refractivity contribution in [3.05, 3.63) is 77.3 Å². The first-order chi connectivity index (χ1) is 19.5. The largest absolute Gasteiger partial charge is 0.445 e. The lowest BCUT2D eigenvalue weighted by atomic mass is 10.2. The fourth-order valence-electron chi connectivity index (χ4n) is 4.64. The Morgan fingerprint density at radius 2 is 2.17 bits per heavy atom. The maximum absolute atomic E-state index is 13.6. The Morgan fingerprint density at radius 1 is 1.25 bits per heavy atom. The van der Waals surface area contributed by atoms with Crippen LogP contribution < -0.4 is 16.0 Å². The summed E-state index contributed by atoms with van der Waals surface area (Å²) in [6, 6.07) is 14.4. The number of amides is 1. The average molecular weight is 556 g/mol. The minimum atomic E-state index is -0.400. The second-order valence-electron chi connectivity index (χ2n) is 9.40. The molecule has 11 heteroatoms. The Balaban J connectivity index is 1.16. The number of hydrogen-bond acceptors (Lipinski definition) is 8. The molecule has 9 nitrogen and oxygen atoms in total. The summed E-state index contributed by atoms with van der Waals surface area (Å²) in [5.74, 6) is 6.92. The number of benzene rings is 2. The topological polar surface area (TPSA) is 106 Å². The molecule has 0 spiro atoms. The van der Waals surface area contributed by atoms with E-state index in [1.165, 1.54) is 29.8 Å². The van der Waals surface area contributed by atoms with Crippen LogP contribution in [-0.2, 0) is 11.3 Å². The lowest BCUT2D eigenvalue weighted by Gasteiger charge is -2.10. The fraction of sp³-hybridized carbons (Fsp3) is 0.241. The maximum atomic E-state index is 13.6. The van der Waals surface area contributed by atoms with Gasteiger partial charge in [0.15, 0.2) is 5.82 Å². The number of nitrogens with one attached hydrogen (secondary N) is 3. The number of nitrogens with zero attached hydrogens (tertiary/aromatic N) is 4. The monoisotopic (exact) mass is 555 g/mol. The molecule has 6 rings (SSSR count). The third-order valence-electron chi connectivity index (χ3n) is 6.49. The van der Waals surface area contributed by atoms with Crippen molar-refractivity contribution in [1.29, 1.82) is 0 Å². The SMILES string of the molecule is CCNC(=O)O[C@H]1CN[C@@H](C#Cc2cc3ncnc(Nc4ccc5c(cnn5Cc5cccc(F)c5)c4)c3s2)C1. The lowest BCUT2D eigenvalue weighted by Crippen LogP contribution is -2.29. The predicted octanol–water partition coefficient (Wildman–Crippen LogP) is 4.80. The van der Waals surface area contributed by atoms with Crippen molar-refractivity contribution < 1.29 is 13.9 Å². The number of hydrogen-bond donors (Lipinski definition) is 3. The third-order valence-corrected chi connectivity index (χ3v) is 7.54. The van der Waals surface area contributed by atoms with Crippen LogP contribution in [-0.4, -0.2) is 51.1 Å². The van der Waals surface area contributed by atoms with Crippen LogP contribution in [0.5, 0.6) is 0 Å². The lowest BCUT2D eigenvalue weighted by molar-refractivity contribution is 0.107. The van der Waals surface area contributed by atoms with E-state index in [9.17, 15) is 9.18 Å². The molecule has 1 amide bonds. The minimum Gasteiger partial charge on any atom is -0.445 e. The van der Waals surface area contributed by atoms with Crippen LogP contribution in [0.2, 0.25) is 0 Å². The molecule has 0 saturated carbocycles. The normalized spacial score (nSPS) is 16.6. The smallest absolute Gasteiger partial charge is 0.407 e. The standard InChI is InChI=1S/C29H26FN7O2S/c1-2-31-29(38)39-23-12-21(32-15-23)6-8-24-13-25-27(40-24)28(34-17-33-25)36-22-7-9-26-19(11-22)14-35-37(26)16-18-4-3-5-20(30)10-18/h3-5,7,9-11,13-14,17,21,23,32H,2,12,15-16H2,1H3,(H,31,38)(H,33,34,36)/t21-,23+/m0/s1. The first-order valence-electron chi connectivity index (χ1n) is 12.9. The van der Waals surface area contributed by atoms with Gasteiger partial charge in [-0.3, -0.25) is 10.00 Å². The second-order valence-corrected chi connectivity index (χ2v) is 10.5. The summed E-state index contributed by atoms with van der Waals surface area (Å²) in [5.41, 5.74) is 3.48. The molecule has 1 saturated heterocycles. The van der Waals surface area contributed by atoms with E-state index in [1.807, 2.05) is 41.9 Å². The summed E-state index contributed by atoms with van der Waals surface area (Å²) < 4.78 is 21.7. The van der Waals surface area contributed by atoms with Crippen LogP contribution >= 0.6 is 11.3 Å². The van der Waals surface area contributed by atoms with Gasteiger partial charge in [-0.15, -0.1) is 11.3 Å². The van der Waals surface area contributed by atoms with Gasteiger partial charge in [-0.05, 0) is 48.9 Å². The number of carbonyl (C=O) groups is 1. The molecule has 202 valence electrons. The average Bonchev–Trinajstić information content (AvgIpc) is 3.67. The summed E-state index contributed by atoms with van der Waals surface area (Å²) in [6.07, 6.45) is 3.38. The minimum absolute atomic E-state index is 0.0538. The number of rotatable bonds is 6. The molecule has 1 aliphatic heterocycles. The zero-order valence-electron chi connectivity index (χ0n) is 21.6. The van der Waals surface area contributed by atoms with Crippen molar-refractivity contribution in [3.8, 4) is 11.8 Å². The Labute approximate surface area is 233 Å². The van der Waals surface area contributed by atoms with E-state index in [4.69, 9.17) is 4.74 Å². The Kier molecular flexibility index (Phi) is 7.27. The van der Waals surface area contributed by atoms with Crippen LogP contribution in [0.4, 0.5) is 20.7 Å². The molecular weight excluding hydrogens is 529 g/mol. The molecule has 0 bridgehead atoms. The van der Waals surface area contributed by atoms with E-state index in [0.717, 1.165) is 37.2 Å². The molecule has 5 aromatic rings. The molecule has 2 atom stereocenters. The number of halogens is 1. The van der Waals surface area contributed by atoms with Gasteiger partial charge >= 0.3 is 6.09 Å². The Bertz CT molecular complexity index is 1760. The van der Waals surface area contributed by atoms with Gasteiger partial charge in [0.1, 0.15) is 18.2 Å². The summed E-state index contributed by atoms with van der Waals surface area (Å²) in [6.45, 7) is 3.45. The highest BCUT2D eigenvalue weighted by atomic mass is 32.1. The van der Waals surface area contributed by atoms with Crippen molar-refractivity contribution in [2.24, 2.45) is 0 Å². The molecule has 1 aliphatic rings. The van der Waals surface area contributed by atoms with Crippen LogP contribution in [0.3, 0.4) is 0 Å². The molecule has 4 heterocycles. The summed E-state index contributed by atoms with van der Waals surface area (Å²) >= 11 is 1.52. The number of aromatic nitrogens is 4. The van der Waals surface area contributed by atoms with E-state index in [0.29, 0.717) is 31.9 Å². The van der Waals surface area contributed by atoms with Crippen molar-refractivity contribution in [2.75, 3.05) is 18.4 Å². The van der Waals surface area contributed by atoms with E-state index in [2.05, 4.69) is 42.9 Å². The van der Waals surface area contributed by atoms with Gasteiger partial charge in [0, 0.05) is 30.6 Å². The zero-order valence-corrected chi connectivity index (χ0v) is 22.5. The summed E-state index contributed by atoms with van der Waals surface area (Å²) in [7, 11) is 0. The third kappa shape index (κ3) is 5.73. The molecule has 3 aromatic heterocycles. The number of thiophene rings is 1. The molecular formula is C29H26FN7O2S. The molecule has 0 radical (unpaired) electrons. The van der Waals surface area contributed by atoms with Crippen LogP contribution in [0.1, 0.15) is 23.8 Å². The van der Waals surface area contributed by atoms with Crippen molar-refractivity contribution >= 4 is 50.1 Å². The van der Waals surface area contributed by atoms with Crippen LogP contribution in [0.15, 0.2) is 61.1 Å². The van der Waals surface area contributed by atoms with Crippen molar-refractivity contribution in [2.45, 2.75) is 32.0 Å². The summed E-state index contributed by atoms with van der Waals surface area (Å²) in [5, 5.41) is 14.8. The highest BCUT2D eigenvalue weighted by Crippen LogP contribution is 2.31. The highest BCUT2D eigenvalue weighted by Gasteiger charge is 2.25. The van der Waals surface area contributed by atoms with Crippen molar-refractivity contribution in [3.63, 3.8) is 0 Å². The van der Waals surface area contributed by atoms with Crippen LogP contribution in [0, 0.1) is 17.7 Å². The van der Waals surface area contributed by atoms with E-state index >= 15 is 0 Å². The predicted molar refractivity (Wildman–Crippen MR) is 153 cm³/mol. The highest BCUT2D eigenvalue weighted by molar-refractivity contribution is 7.20. The van der Waals surface area contributed by atoms with E-state index in [1.54, 1.807) is 12.3 Å². The molecule has 2 aromatic carbocycles. The maximum Gasteiger partial charge on any atom is 0.407 e. The van der Waals surface area contributed by atoms with Gasteiger partial charge in [0.05, 0.1) is 39.4 Å². The van der Waals surface area contributed by atoms with Gasteiger partial charge in [0.2, 0.25) is 0 Å². The number of fused-ring (bicyclic) bond motifs is 2. The molecule has 0 unspecified atom stereocenters.